The molecule has 0 spiro atoms. The maximum Gasteiger partial charge on any atom is 0.323 e. The molecular formula is C17H24N2O2. The Morgan fingerprint density at radius 1 is 1.33 bits per heavy atom. The maximum atomic E-state index is 11.5. The Hall–Kier alpha value is -1.39. The van der Waals surface area contributed by atoms with Crippen LogP contribution in [-0.2, 0) is 4.79 Å². The molecule has 3 rings (SSSR count). The molecule has 0 radical (unpaired) electrons. The number of rotatable bonds is 4. The van der Waals surface area contributed by atoms with Crippen LogP contribution >= 0.6 is 0 Å². The van der Waals surface area contributed by atoms with Crippen molar-refractivity contribution in [1.82, 2.24) is 10.2 Å². The van der Waals surface area contributed by atoms with Gasteiger partial charge in [-0.2, -0.15) is 0 Å². The molecule has 0 amide bonds. The molecule has 114 valence electrons. The summed E-state index contributed by atoms with van der Waals surface area (Å²) >= 11 is 0. The van der Waals surface area contributed by atoms with Crippen LogP contribution in [0.15, 0.2) is 30.3 Å². The first-order chi connectivity index (χ1) is 10.1. The number of benzene rings is 1. The lowest BCUT2D eigenvalue weighted by molar-refractivity contribution is -0.144. The Morgan fingerprint density at radius 3 is 2.71 bits per heavy atom. The van der Waals surface area contributed by atoms with Crippen molar-refractivity contribution in [2.24, 2.45) is 0 Å². The van der Waals surface area contributed by atoms with Crippen LogP contribution in [0.25, 0.3) is 0 Å². The second-order valence-corrected chi connectivity index (χ2v) is 6.43. The van der Waals surface area contributed by atoms with E-state index in [-0.39, 0.29) is 0 Å². The first kappa shape index (κ1) is 14.5. The Morgan fingerprint density at radius 2 is 2.10 bits per heavy atom. The largest absolute Gasteiger partial charge is 0.480 e. The van der Waals surface area contributed by atoms with Crippen LogP contribution in [0.1, 0.15) is 37.2 Å². The smallest absolute Gasteiger partial charge is 0.323 e. The number of carboxylic acids is 1. The van der Waals surface area contributed by atoms with Gasteiger partial charge in [0.05, 0.1) is 0 Å². The second-order valence-electron chi connectivity index (χ2n) is 6.43. The third-order valence-electron chi connectivity index (χ3n) is 5.38. The fourth-order valence-electron chi connectivity index (χ4n) is 3.98. The topological polar surface area (TPSA) is 52.6 Å². The number of hydrogen-bond donors (Lipinski definition) is 2. The van der Waals surface area contributed by atoms with E-state index in [1.165, 1.54) is 12.0 Å². The highest BCUT2D eigenvalue weighted by Gasteiger charge is 2.46. The van der Waals surface area contributed by atoms with E-state index in [1.807, 2.05) is 0 Å². The monoisotopic (exact) mass is 288 g/mol. The Labute approximate surface area is 126 Å². The average Bonchev–Trinajstić information content (AvgIpc) is 3.15. The molecule has 1 heterocycles. The maximum absolute atomic E-state index is 11.5. The van der Waals surface area contributed by atoms with Crippen molar-refractivity contribution in [2.45, 2.75) is 43.2 Å². The fraction of sp³-hybridized carbons (Fsp3) is 0.588. The molecule has 1 saturated heterocycles. The van der Waals surface area contributed by atoms with Crippen molar-refractivity contribution < 1.29 is 9.90 Å². The van der Waals surface area contributed by atoms with Crippen LogP contribution in [0.5, 0.6) is 0 Å². The van der Waals surface area contributed by atoms with Gasteiger partial charge in [-0.05, 0) is 50.8 Å². The first-order valence-corrected chi connectivity index (χ1v) is 7.86. The van der Waals surface area contributed by atoms with Crippen LogP contribution < -0.4 is 5.32 Å². The molecule has 2 aliphatic rings. The zero-order valence-electron chi connectivity index (χ0n) is 12.6. The van der Waals surface area contributed by atoms with Crippen LogP contribution in [0.3, 0.4) is 0 Å². The molecule has 1 aromatic carbocycles. The molecule has 2 N–H and O–H groups in total. The van der Waals surface area contributed by atoms with E-state index in [2.05, 4.69) is 40.5 Å². The predicted molar refractivity (Wildman–Crippen MR) is 82.4 cm³/mol. The molecule has 1 saturated carbocycles. The number of aliphatic carboxylic acids is 1. The van der Waals surface area contributed by atoms with Gasteiger partial charge >= 0.3 is 5.97 Å². The molecule has 3 atom stereocenters. The van der Waals surface area contributed by atoms with Gasteiger partial charge in [0.1, 0.15) is 5.54 Å². The zero-order chi connectivity index (χ0) is 14.9. The Bertz CT molecular complexity index is 505. The predicted octanol–water partition coefficient (Wildman–Crippen LogP) is 2.07. The van der Waals surface area contributed by atoms with Crippen molar-refractivity contribution in [2.75, 3.05) is 20.1 Å². The molecule has 0 aromatic heterocycles. The van der Waals surface area contributed by atoms with Crippen LogP contribution in [0.4, 0.5) is 0 Å². The highest BCUT2D eigenvalue weighted by atomic mass is 16.4. The van der Waals surface area contributed by atoms with E-state index in [0.717, 1.165) is 32.4 Å². The van der Waals surface area contributed by atoms with Crippen molar-refractivity contribution in [3.05, 3.63) is 35.9 Å². The van der Waals surface area contributed by atoms with E-state index >= 15 is 0 Å². The quantitative estimate of drug-likeness (QED) is 0.890. The summed E-state index contributed by atoms with van der Waals surface area (Å²) in [5, 5.41) is 12.5. The molecule has 4 heteroatoms. The van der Waals surface area contributed by atoms with Crippen molar-refractivity contribution in [3.63, 3.8) is 0 Å². The number of likely N-dealkylation sites (tertiary alicyclic amines) is 1. The first-order valence-electron chi connectivity index (χ1n) is 7.86. The van der Waals surface area contributed by atoms with Crippen LogP contribution in [-0.4, -0.2) is 47.7 Å². The summed E-state index contributed by atoms with van der Waals surface area (Å²) in [6.07, 6.45) is 3.62. The summed E-state index contributed by atoms with van der Waals surface area (Å²) in [6.45, 7) is 2.15. The summed E-state index contributed by atoms with van der Waals surface area (Å²) in [6, 6.07) is 11.1. The van der Waals surface area contributed by atoms with Gasteiger partial charge in [-0.25, -0.2) is 0 Å². The number of nitrogens with zero attached hydrogens (tertiary/aromatic N) is 1. The lowest BCUT2D eigenvalue weighted by atomic mass is 9.97. The summed E-state index contributed by atoms with van der Waals surface area (Å²) in [7, 11) is 1.77. The molecule has 1 aliphatic heterocycles. The van der Waals surface area contributed by atoms with Crippen LogP contribution in [0.2, 0.25) is 0 Å². The normalized spacial score (nSPS) is 33.4. The molecule has 21 heavy (non-hydrogen) atoms. The van der Waals surface area contributed by atoms with E-state index in [9.17, 15) is 9.90 Å². The van der Waals surface area contributed by atoms with Crippen molar-refractivity contribution in [3.8, 4) is 0 Å². The van der Waals surface area contributed by atoms with Crippen molar-refractivity contribution >= 4 is 5.97 Å². The molecule has 3 unspecified atom stereocenters. The van der Waals surface area contributed by atoms with E-state index in [4.69, 9.17) is 0 Å². The summed E-state index contributed by atoms with van der Waals surface area (Å²) < 4.78 is 0. The lowest BCUT2D eigenvalue weighted by Gasteiger charge is -2.27. The second kappa shape index (κ2) is 5.78. The van der Waals surface area contributed by atoms with E-state index in [1.54, 1.807) is 7.05 Å². The van der Waals surface area contributed by atoms with Gasteiger partial charge in [-0.3, -0.25) is 9.69 Å². The Kier molecular flexibility index (Phi) is 4.00. The SMILES string of the molecule is CNC1(C(=O)O)CCC(N2CCC(c3ccccc3)C2)C1. The van der Waals surface area contributed by atoms with Crippen molar-refractivity contribution in [1.29, 1.82) is 0 Å². The molecule has 1 aliphatic carbocycles. The molecular weight excluding hydrogens is 264 g/mol. The summed E-state index contributed by atoms with van der Waals surface area (Å²) in [5.74, 6) is -0.105. The van der Waals surface area contributed by atoms with Crippen LogP contribution in [0, 0.1) is 0 Å². The molecule has 2 fully saturated rings. The number of carboxylic acid groups (broad SMARTS) is 1. The van der Waals surface area contributed by atoms with Gasteiger partial charge in [0.25, 0.3) is 0 Å². The fourth-order valence-corrected chi connectivity index (χ4v) is 3.98. The average molecular weight is 288 g/mol. The standard InChI is InChI=1S/C17H24N2O2/c1-18-17(16(20)21)9-7-15(11-17)19-10-8-14(12-19)13-5-3-2-4-6-13/h2-6,14-15,18H,7-12H2,1H3,(H,20,21). The number of hydrogen-bond acceptors (Lipinski definition) is 3. The molecule has 0 bridgehead atoms. The summed E-state index contributed by atoms with van der Waals surface area (Å²) in [4.78, 5) is 14.0. The van der Waals surface area contributed by atoms with Gasteiger partial charge < -0.3 is 10.4 Å². The van der Waals surface area contributed by atoms with Gasteiger partial charge in [-0.15, -0.1) is 0 Å². The van der Waals surface area contributed by atoms with Gasteiger partial charge in [0, 0.05) is 12.6 Å². The minimum absolute atomic E-state index is 0.405. The summed E-state index contributed by atoms with van der Waals surface area (Å²) in [5.41, 5.74) is 0.700. The highest BCUT2D eigenvalue weighted by molar-refractivity contribution is 5.79. The van der Waals surface area contributed by atoms with E-state index in [0.29, 0.717) is 12.0 Å². The highest BCUT2D eigenvalue weighted by Crippen LogP contribution is 2.37. The lowest BCUT2D eigenvalue weighted by Crippen LogP contribution is -2.49. The van der Waals surface area contributed by atoms with Gasteiger partial charge in [0.2, 0.25) is 0 Å². The zero-order valence-corrected chi connectivity index (χ0v) is 12.6. The van der Waals surface area contributed by atoms with E-state index < -0.39 is 11.5 Å². The minimum Gasteiger partial charge on any atom is -0.480 e. The number of likely N-dealkylation sites (N-methyl/N-ethyl adjacent to an activating group) is 1. The molecule has 1 aromatic rings. The van der Waals surface area contributed by atoms with Gasteiger partial charge in [-0.1, -0.05) is 30.3 Å². The number of nitrogens with one attached hydrogen (secondary N) is 1. The minimum atomic E-state index is -0.713. The third-order valence-corrected chi connectivity index (χ3v) is 5.38. The number of carbonyl (C=O) groups is 1. The molecule has 4 nitrogen and oxygen atoms in total. The van der Waals surface area contributed by atoms with Gasteiger partial charge in [0.15, 0.2) is 0 Å². The third kappa shape index (κ3) is 2.70. The Balaban J connectivity index is 1.64.